The Morgan fingerprint density at radius 3 is 2.90 bits per heavy atom. The van der Waals surface area contributed by atoms with Crippen LogP contribution in [0.2, 0.25) is 5.02 Å². The highest BCUT2D eigenvalue weighted by Crippen LogP contribution is 2.25. The number of hydrogen-bond donors (Lipinski definition) is 1. The van der Waals surface area contributed by atoms with Crippen LogP contribution in [-0.4, -0.2) is 23.2 Å². The summed E-state index contributed by atoms with van der Waals surface area (Å²) in [6.07, 6.45) is 1.02. The van der Waals surface area contributed by atoms with Gasteiger partial charge in [-0.25, -0.2) is 0 Å². The predicted octanol–water partition coefficient (Wildman–Crippen LogP) is 4.12. The Bertz CT molecular complexity index is 572. The van der Waals surface area contributed by atoms with Crippen molar-refractivity contribution in [2.45, 2.75) is 42.9 Å². The molecule has 2 atom stereocenters. The lowest BCUT2D eigenvalue weighted by Gasteiger charge is -2.18. The molecule has 0 aliphatic heterocycles. The van der Waals surface area contributed by atoms with E-state index in [0.29, 0.717) is 23.5 Å². The zero-order chi connectivity index (χ0) is 15.2. The number of nitrogens with one attached hydrogen (secondary N) is 1. The molecule has 2 aromatic rings. The number of thioether (sulfide) groups is 1. The first-order chi connectivity index (χ1) is 10.1. The van der Waals surface area contributed by atoms with Crippen molar-refractivity contribution < 1.29 is 4.52 Å². The summed E-state index contributed by atoms with van der Waals surface area (Å²) in [7, 11) is 1.96. The fourth-order valence-electron chi connectivity index (χ4n) is 2.20. The molecule has 21 heavy (non-hydrogen) atoms. The third-order valence-electron chi connectivity index (χ3n) is 3.45. The molecule has 0 aliphatic rings. The second-order valence-electron chi connectivity index (χ2n) is 4.89. The molecule has 0 radical (unpaired) electrons. The lowest BCUT2D eigenvalue weighted by Crippen LogP contribution is -2.30. The van der Waals surface area contributed by atoms with E-state index in [-0.39, 0.29) is 5.92 Å². The van der Waals surface area contributed by atoms with Crippen LogP contribution in [0.15, 0.2) is 33.7 Å². The van der Waals surface area contributed by atoms with Gasteiger partial charge in [0.25, 0.3) is 0 Å². The van der Waals surface area contributed by atoms with Crippen LogP contribution in [0.4, 0.5) is 0 Å². The van der Waals surface area contributed by atoms with E-state index in [2.05, 4.69) is 29.3 Å². The topological polar surface area (TPSA) is 51.0 Å². The average molecular weight is 326 g/mol. The first-order valence-corrected chi connectivity index (χ1v) is 8.38. The van der Waals surface area contributed by atoms with E-state index in [1.807, 2.05) is 31.3 Å². The fraction of sp³-hybridized carbons (Fsp3) is 0.467. The Kier molecular flexibility index (Phi) is 6.08. The number of benzene rings is 1. The Morgan fingerprint density at radius 1 is 1.43 bits per heavy atom. The highest BCUT2D eigenvalue weighted by molar-refractivity contribution is 7.98. The molecule has 0 bridgehead atoms. The summed E-state index contributed by atoms with van der Waals surface area (Å²) in [6.45, 7) is 4.25. The number of hydrogen-bond acceptors (Lipinski definition) is 5. The summed E-state index contributed by atoms with van der Waals surface area (Å²) in [5.41, 5.74) is 0. The molecule has 6 heteroatoms. The smallest absolute Gasteiger partial charge is 0.231 e. The first-order valence-electron chi connectivity index (χ1n) is 7.02. The van der Waals surface area contributed by atoms with Crippen LogP contribution in [-0.2, 0) is 5.75 Å². The highest BCUT2D eigenvalue weighted by atomic mass is 35.5. The van der Waals surface area contributed by atoms with Crippen molar-refractivity contribution >= 4 is 23.4 Å². The van der Waals surface area contributed by atoms with Crippen molar-refractivity contribution in [3.8, 4) is 0 Å². The molecular formula is C15H20ClN3OS. The fourth-order valence-corrected chi connectivity index (χ4v) is 3.25. The van der Waals surface area contributed by atoms with E-state index in [9.17, 15) is 0 Å². The molecule has 0 amide bonds. The molecule has 0 aliphatic carbocycles. The summed E-state index contributed by atoms with van der Waals surface area (Å²) < 4.78 is 5.38. The number of likely N-dealkylation sites (N-methyl/N-ethyl adjacent to an activating group) is 1. The van der Waals surface area contributed by atoms with Crippen LogP contribution in [0.25, 0.3) is 0 Å². The minimum Gasteiger partial charge on any atom is -0.339 e. The largest absolute Gasteiger partial charge is 0.339 e. The van der Waals surface area contributed by atoms with Crippen molar-refractivity contribution in [3.63, 3.8) is 0 Å². The van der Waals surface area contributed by atoms with E-state index in [0.717, 1.165) is 16.3 Å². The van der Waals surface area contributed by atoms with Crippen molar-refractivity contribution in [2.75, 3.05) is 7.05 Å². The highest BCUT2D eigenvalue weighted by Gasteiger charge is 2.21. The molecular weight excluding hydrogens is 306 g/mol. The van der Waals surface area contributed by atoms with Crippen LogP contribution in [0.5, 0.6) is 0 Å². The molecule has 114 valence electrons. The number of halogens is 1. The van der Waals surface area contributed by atoms with Gasteiger partial charge < -0.3 is 9.84 Å². The standard InChI is InChI=1S/C15H20ClN3OS/c1-4-13(17-3)10(2)15-18-14(19-20-15)9-21-12-7-5-6-11(16)8-12/h5-8,10,13,17H,4,9H2,1-3H3. The van der Waals surface area contributed by atoms with Gasteiger partial charge in [0.1, 0.15) is 0 Å². The van der Waals surface area contributed by atoms with E-state index in [1.165, 1.54) is 0 Å². The second-order valence-corrected chi connectivity index (χ2v) is 6.37. The molecule has 1 heterocycles. The van der Waals surface area contributed by atoms with Gasteiger partial charge in [0.2, 0.25) is 5.89 Å². The van der Waals surface area contributed by atoms with E-state index >= 15 is 0 Å². The van der Waals surface area contributed by atoms with Crippen LogP contribution in [0.1, 0.15) is 37.9 Å². The molecule has 1 N–H and O–H groups in total. The molecule has 0 spiro atoms. The second kappa shape index (κ2) is 7.82. The Balaban J connectivity index is 1.97. The van der Waals surface area contributed by atoms with E-state index < -0.39 is 0 Å². The van der Waals surface area contributed by atoms with Gasteiger partial charge in [0.15, 0.2) is 5.82 Å². The summed E-state index contributed by atoms with van der Waals surface area (Å²) >= 11 is 7.62. The maximum Gasteiger partial charge on any atom is 0.231 e. The summed E-state index contributed by atoms with van der Waals surface area (Å²) in [5.74, 6) is 2.29. The molecule has 4 nitrogen and oxygen atoms in total. The summed E-state index contributed by atoms with van der Waals surface area (Å²) in [5, 5.41) is 8.07. The van der Waals surface area contributed by atoms with Crippen molar-refractivity contribution in [3.05, 3.63) is 41.0 Å². The van der Waals surface area contributed by atoms with Gasteiger partial charge in [-0.3, -0.25) is 0 Å². The Morgan fingerprint density at radius 2 is 2.24 bits per heavy atom. The zero-order valence-electron chi connectivity index (χ0n) is 12.5. The van der Waals surface area contributed by atoms with Crippen molar-refractivity contribution in [1.82, 2.24) is 15.5 Å². The molecule has 0 saturated carbocycles. The van der Waals surface area contributed by atoms with E-state index in [1.54, 1.807) is 11.8 Å². The average Bonchev–Trinajstić information content (AvgIpc) is 2.95. The molecule has 2 rings (SSSR count). The number of rotatable bonds is 7. The normalized spacial score (nSPS) is 14.1. The van der Waals surface area contributed by atoms with Crippen LogP contribution in [0.3, 0.4) is 0 Å². The third-order valence-corrected chi connectivity index (χ3v) is 4.68. The lowest BCUT2D eigenvalue weighted by molar-refractivity contribution is 0.324. The molecule has 2 unspecified atom stereocenters. The molecule has 1 aromatic carbocycles. The molecule has 1 aromatic heterocycles. The Labute approximate surface area is 134 Å². The zero-order valence-corrected chi connectivity index (χ0v) is 14.0. The van der Waals surface area contributed by atoms with Crippen molar-refractivity contribution in [2.24, 2.45) is 0 Å². The van der Waals surface area contributed by atoms with Gasteiger partial charge in [-0.15, -0.1) is 11.8 Å². The monoisotopic (exact) mass is 325 g/mol. The van der Waals surface area contributed by atoms with Crippen LogP contribution >= 0.6 is 23.4 Å². The van der Waals surface area contributed by atoms with Crippen molar-refractivity contribution in [1.29, 1.82) is 0 Å². The summed E-state index contributed by atoms with van der Waals surface area (Å²) in [4.78, 5) is 5.59. The molecule has 0 fully saturated rings. The van der Waals surface area contributed by atoms with Gasteiger partial charge in [0.05, 0.1) is 11.7 Å². The maximum absolute atomic E-state index is 5.97. The third kappa shape index (κ3) is 4.46. The SMILES string of the molecule is CCC(NC)C(C)c1nc(CSc2cccc(Cl)c2)no1. The quantitative estimate of drug-likeness (QED) is 0.776. The van der Waals surface area contributed by atoms with Gasteiger partial charge in [-0.1, -0.05) is 36.7 Å². The predicted molar refractivity (Wildman–Crippen MR) is 86.9 cm³/mol. The number of nitrogens with zero attached hydrogens (tertiary/aromatic N) is 2. The van der Waals surface area contributed by atoms with Crippen LogP contribution in [0, 0.1) is 0 Å². The van der Waals surface area contributed by atoms with Gasteiger partial charge >= 0.3 is 0 Å². The molecule has 0 saturated heterocycles. The van der Waals surface area contributed by atoms with E-state index in [4.69, 9.17) is 16.1 Å². The maximum atomic E-state index is 5.97. The van der Waals surface area contributed by atoms with Crippen LogP contribution < -0.4 is 5.32 Å². The minimum absolute atomic E-state index is 0.206. The first kappa shape index (κ1) is 16.3. The van der Waals surface area contributed by atoms with Gasteiger partial charge in [-0.2, -0.15) is 4.98 Å². The minimum atomic E-state index is 0.206. The Hall–Kier alpha value is -1.04. The van der Waals surface area contributed by atoms with Gasteiger partial charge in [-0.05, 0) is 31.7 Å². The lowest BCUT2D eigenvalue weighted by atomic mass is 10.00. The summed E-state index contributed by atoms with van der Waals surface area (Å²) in [6, 6.07) is 8.10. The number of aromatic nitrogens is 2. The van der Waals surface area contributed by atoms with Gasteiger partial charge in [0, 0.05) is 16.0 Å².